The van der Waals surface area contributed by atoms with Gasteiger partial charge in [-0.1, -0.05) is 72.8 Å². The smallest absolute Gasteiger partial charge is 0.408 e. The van der Waals surface area contributed by atoms with Gasteiger partial charge in [0, 0.05) is 13.1 Å². The van der Waals surface area contributed by atoms with Crippen LogP contribution >= 0.6 is 0 Å². The Kier molecular flexibility index (Phi) is 7.07. The summed E-state index contributed by atoms with van der Waals surface area (Å²) in [5.74, 6) is -0.335. The van der Waals surface area contributed by atoms with Crippen LogP contribution < -0.4 is 5.32 Å². The average molecular weight is 448 g/mol. The van der Waals surface area contributed by atoms with E-state index in [1.54, 1.807) is 11.8 Å². The van der Waals surface area contributed by atoms with Crippen molar-refractivity contribution in [2.45, 2.75) is 44.5 Å². The molecule has 2 aromatic carbocycles. The van der Waals surface area contributed by atoms with Crippen LogP contribution in [0.4, 0.5) is 4.79 Å². The maximum Gasteiger partial charge on any atom is 0.408 e. The molecule has 0 aromatic heterocycles. The molecule has 2 aliphatic heterocycles. The maximum atomic E-state index is 13.0. The molecule has 0 unspecified atom stereocenters. The topological polar surface area (TPSA) is 79.0 Å². The number of β-lactam (4-membered cyclic amide) rings is 1. The van der Waals surface area contributed by atoms with E-state index in [0.29, 0.717) is 0 Å². The molecule has 0 aliphatic carbocycles. The number of carbonyl (C=O) groups is 3. The summed E-state index contributed by atoms with van der Waals surface area (Å²) >= 11 is 0. The molecule has 1 N–H and O–H groups in total. The third kappa shape index (κ3) is 5.25. The summed E-state index contributed by atoms with van der Waals surface area (Å²) in [7, 11) is 0. The predicted octanol–water partition coefficient (Wildman–Crippen LogP) is 3.22. The van der Waals surface area contributed by atoms with Gasteiger partial charge in [0.05, 0.1) is 6.04 Å². The van der Waals surface area contributed by atoms with Crippen molar-refractivity contribution in [2.24, 2.45) is 0 Å². The number of hydrogen-bond acceptors (Lipinski definition) is 4. The lowest BCUT2D eigenvalue weighted by atomic mass is 9.91. The molecule has 2 saturated heterocycles. The minimum absolute atomic E-state index is 0.0518. The first-order chi connectivity index (χ1) is 16.0. The maximum absolute atomic E-state index is 13.0. The molecule has 0 radical (unpaired) electrons. The van der Waals surface area contributed by atoms with Gasteiger partial charge in [-0.2, -0.15) is 0 Å². The number of ether oxygens (including phenoxy) is 1. The molecule has 0 bridgehead atoms. The number of carbonyl (C=O) groups excluding carboxylic acids is 3. The Morgan fingerprint density at radius 2 is 1.70 bits per heavy atom. The predicted molar refractivity (Wildman–Crippen MR) is 125 cm³/mol. The van der Waals surface area contributed by atoms with Crippen molar-refractivity contribution in [3.63, 3.8) is 0 Å². The number of benzene rings is 2. The summed E-state index contributed by atoms with van der Waals surface area (Å²) in [6, 6.07) is 17.2. The van der Waals surface area contributed by atoms with Gasteiger partial charge in [-0.05, 0) is 30.9 Å². The number of hydrogen-bond donors (Lipinski definition) is 1. The molecule has 2 fully saturated rings. The third-order valence-corrected chi connectivity index (χ3v) is 6.15. The Morgan fingerprint density at radius 1 is 1.06 bits per heavy atom. The second kappa shape index (κ2) is 10.3. The SMILES string of the molecule is C[C@@H](C(=O)N1CCCC1)N1C(=O)[C@@H](NC(=O)OCc2ccccc2)[C@H]1C=Cc1ccccc1. The molecule has 172 valence electrons. The Balaban J connectivity index is 1.45. The van der Waals surface area contributed by atoms with Crippen molar-refractivity contribution in [2.75, 3.05) is 13.1 Å². The first-order valence-corrected chi connectivity index (χ1v) is 11.4. The first kappa shape index (κ1) is 22.6. The van der Waals surface area contributed by atoms with Crippen LogP contribution in [0.2, 0.25) is 0 Å². The van der Waals surface area contributed by atoms with Gasteiger partial charge in [-0.3, -0.25) is 9.59 Å². The van der Waals surface area contributed by atoms with Crippen LogP contribution in [-0.4, -0.2) is 58.9 Å². The van der Waals surface area contributed by atoms with Crippen LogP contribution in [0.1, 0.15) is 30.9 Å². The van der Waals surface area contributed by atoms with Gasteiger partial charge in [-0.25, -0.2) is 4.79 Å². The van der Waals surface area contributed by atoms with E-state index in [1.807, 2.05) is 77.7 Å². The monoisotopic (exact) mass is 447 g/mol. The molecular weight excluding hydrogens is 418 g/mol. The minimum atomic E-state index is -0.776. The van der Waals surface area contributed by atoms with E-state index in [9.17, 15) is 14.4 Å². The normalized spacial score (nSPS) is 21.1. The molecule has 2 heterocycles. The van der Waals surface area contributed by atoms with Gasteiger partial charge in [0.1, 0.15) is 18.7 Å². The zero-order valence-electron chi connectivity index (χ0n) is 18.7. The number of likely N-dealkylation sites (tertiary alicyclic amines) is 2. The fourth-order valence-electron chi connectivity index (χ4n) is 4.32. The molecule has 33 heavy (non-hydrogen) atoms. The third-order valence-electron chi connectivity index (χ3n) is 6.15. The minimum Gasteiger partial charge on any atom is -0.445 e. The summed E-state index contributed by atoms with van der Waals surface area (Å²) in [5, 5.41) is 2.69. The van der Waals surface area contributed by atoms with E-state index in [1.165, 1.54) is 0 Å². The number of rotatable bonds is 7. The van der Waals surface area contributed by atoms with Crippen molar-refractivity contribution < 1.29 is 19.1 Å². The number of amides is 3. The Hall–Kier alpha value is -3.61. The van der Waals surface area contributed by atoms with Crippen molar-refractivity contribution in [1.29, 1.82) is 0 Å². The zero-order chi connectivity index (χ0) is 23.2. The van der Waals surface area contributed by atoms with Crippen LogP contribution in [0.25, 0.3) is 6.08 Å². The molecule has 2 aliphatic rings. The molecule has 0 spiro atoms. The second-order valence-corrected chi connectivity index (χ2v) is 8.40. The van der Waals surface area contributed by atoms with Crippen molar-refractivity contribution >= 4 is 24.0 Å². The Bertz CT molecular complexity index is 1000. The zero-order valence-corrected chi connectivity index (χ0v) is 18.7. The largest absolute Gasteiger partial charge is 0.445 e. The van der Waals surface area contributed by atoms with Gasteiger partial charge in [0.2, 0.25) is 11.8 Å². The van der Waals surface area contributed by atoms with E-state index in [4.69, 9.17) is 4.74 Å². The van der Waals surface area contributed by atoms with Crippen LogP contribution in [0, 0.1) is 0 Å². The second-order valence-electron chi connectivity index (χ2n) is 8.40. The molecule has 0 saturated carbocycles. The summed E-state index contributed by atoms with van der Waals surface area (Å²) in [6.45, 7) is 3.32. The van der Waals surface area contributed by atoms with Gasteiger partial charge in [0.15, 0.2) is 0 Å². The Labute approximate surface area is 194 Å². The van der Waals surface area contributed by atoms with Crippen LogP contribution in [0.5, 0.6) is 0 Å². The fourth-order valence-corrected chi connectivity index (χ4v) is 4.32. The molecule has 7 heteroatoms. The molecule has 7 nitrogen and oxygen atoms in total. The summed E-state index contributed by atoms with van der Waals surface area (Å²) in [6.07, 6.45) is 5.09. The molecule has 3 amide bonds. The summed E-state index contributed by atoms with van der Waals surface area (Å²) in [5.41, 5.74) is 1.83. The lowest BCUT2D eigenvalue weighted by molar-refractivity contribution is -0.158. The van der Waals surface area contributed by atoms with Crippen molar-refractivity contribution in [3.8, 4) is 0 Å². The van der Waals surface area contributed by atoms with E-state index < -0.39 is 24.2 Å². The number of alkyl carbamates (subject to hydrolysis) is 1. The average Bonchev–Trinajstić information content (AvgIpc) is 3.39. The van der Waals surface area contributed by atoms with Gasteiger partial charge in [0.25, 0.3) is 0 Å². The lowest BCUT2D eigenvalue weighted by Gasteiger charge is -2.48. The van der Waals surface area contributed by atoms with Crippen LogP contribution in [0.3, 0.4) is 0 Å². The highest BCUT2D eigenvalue weighted by Gasteiger charge is 2.51. The van der Waals surface area contributed by atoms with Gasteiger partial charge in [-0.15, -0.1) is 0 Å². The highest BCUT2D eigenvalue weighted by atomic mass is 16.5. The molecule has 2 aromatic rings. The van der Waals surface area contributed by atoms with E-state index in [-0.39, 0.29) is 18.4 Å². The van der Waals surface area contributed by atoms with Gasteiger partial charge >= 0.3 is 6.09 Å². The number of nitrogens with one attached hydrogen (secondary N) is 1. The summed E-state index contributed by atoms with van der Waals surface area (Å²) < 4.78 is 5.30. The highest BCUT2D eigenvalue weighted by Crippen LogP contribution is 2.27. The van der Waals surface area contributed by atoms with E-state index >= 15 is 0 Å². The molecule has 4 rings (SSSR count). The van der Waals surface area contributed by atoms with E-state index in [0.717, 1.165) is 37.1 Å². The summed E-state index contributed by atoms with van der Waals surface area (Å²) in [4.78, 5) is 41.7. The van der Waals surface area contributed by atoms with Crippen molar-refractivity contribution in [3.05, 3.63) is 77.9 Å². The first-order valence-electron chi connectivity index (χ1n) is 11.4. The van der Waals surface area contributed by atoms with Crippen LogP contribution in [-0.2, 0) is 20.9 Å². The van der Waals surface area contributed by atoms with Crippen molar-refractivity contribution in [1.82, 2.24) is 15.1 Å². The van der Waals surface area contributed by atoms with E-state index in [2.05, 4.69) is 5.32 Å². The number of nitrogens with zero attached hydrogens (tertiary/aromatic N) is 2. The van der Waals surface area contributed by atoms with Gasteiger partial charge < -0.3 is 19.9 Å². The quantitative estimate of drug-likeness (QED) is 0.661. The fraction of sp³-hybridized carbons (Fsp3) is 0.346. The Morgan fingerprint density at radius 3 is 2.36 bits per heavy atom. The highest BCUT2D eigenvalue weighted by molar-refractivity contribution is 5.97. The van der Waals surface area contributed by atoms with Crippen LogP contribution in [0.15, 0.2) is 66.7 Å². The lowest BCUT2D eigenvalue weighted by Crippen LogP contribution is -2.73. The standard InChI is InChI=1S/C26H29N3O4/c1-19(24(30)28-16-8-9-17-28)29-22(15-14-20-10-4-2-5-11-20)23(25(29)31)27-26(32)33-18-21-12-6-3-7-13-21/h2-7,10-15,19,22-23H,8-9,16-18H2,1H3,(H,27,32)/t19-,22+,23-/m0/s1. The molecular formula is C26H29N3O4. The molecule has 3 atom stereocenters.